The SMILES string of the molecule is CC=C(C)CN1CCC(c2nnc(SCC3CCCO3)n2-c2cccc(OC)c2)CC1. The van der Waals surface area contributed by atoms with E-state index in [1.165, 1.54) is 5.57 Å². The molecule has 0 aliphatic carbocycles. The molecule has 31 heavy (non-hydrogen) atoms. The molecule has 0 saturated carbocycles. The Morgan fingerprint density at radius 1 is 1.26 bits per heavy atom. The number of aromatic nitrogens is 3. The molecule has 0 N–H and O–H groups in total. The van der Waals surface area contributed by atoms with Gasteiger partial charge in [-0.25, -0.2) is 0 Å². The average Bonchev–Trinajstić information content (AvgIpc) is 3.48. The molecular weight excluding hydrogens is 408 g/mol. The molecule has 0 radical (unpaired) electrons. The molecule has 3 heterocycles. The van der Waals surface area contributed by atoms with E-state index in [4.69, 9.17) is 14.6 Å². The molecular formula is C24H34N4O2S. The molecule has 0 bridgehead atoms. The zero-order chi connectivity index (χ0) is 21.6. The van der Waals surface area contributed by atoms with Crippen molar-refractivity contribution in [1.29, 1.82) is 0 Å². The topological polar surface area (TPSA) is 52.4 Å². The van der Waals surface area contributed by atoms with E-state index in [9.17, 15) is 0 Å². The Morgan fingerprint density at radius 2 is 2.10 bits per heavy atom. The summed E-state index contributed by atoms with van der Waals surface area (Å²) < 4.78 is 13.6. The summed E-state index contributed by atoms with van der Waals surface area (Å²) in [4.78, 5) is 2.55. The van der Waals surface area contributed by atoms with Crippen molar-refractivity contribution in [3.8, 4) is 11.4 Å². The lowest BCUT2D eigenvalue weighted by molar-refractivity contribution is 0.129. The second kappa shape index (κ2) is 10.7. The molecule has 6 nitrogen and oxygen atoms in total. The molecule has 0 spiro atoms. The number of benzene rings is 1. The van der Waals surface area contributed by atoms with Gasteiger partial charge in [0.15, 0.2) is 5.16 Å². The van der Waals surface area contributed by atoms with Crippen molar-refractivity contribution in [3.63, 3.8) is 0 Å². The van der Waals surface area contributed by atoms with Crippen LogP contribution in [0.15, 0.2) is 41.1 Å². The van der Waals surface area contributed by atoms with Gasteiger partial charge in [0, 0.05) is 30.9 Å². The van der Waals surface area contributed by atoms with Crippen LogP contribution in [0.5, 0.6) is 5.75 Å². The van der Waals surface area contributed by atoms with E-state index in [2.05, 4.69) is 46.6 Å². The molecule has 2 aromatic rings. The van der Waals surface area contributed by atoms with Crippen LogP contribution >= 0.6 is 11.8 Å². The minimum absolute atomic E-state index is 0.321. The minimum Gasteiger partial charge on any atom is -0.497 e. The molecule has 2 aliphatic rings. The van der Waals surface area contributed by atoms with Gasteiger partial charge in [-0.2, -0.15) is 0 Å². The molecule has 168 valence electrons. The van der Waals surface area contributed by atoms with Crippen LogP contribution in [0.4, 0.5) is 0 Å². The van der Waals surface area contributed by atoms with Crippen LogP contribution in [0, 0.1) is 0 Å². The standard InChI is InChI=1S/C24H34N4O2S/c1-4-18(2)16-27-12-10-19(11-13-27)23-25-26-24(31-17-22-9-6-14-30-22)28(23)20-7-5-8-21(15-20)29-3/h4-5,7-8,15,19,22H,6,9-14,16-17H2,1-3H3. The molecule has 1 aromatic carbocycles. The normalized spacial score (nSPS) is 21.0. The maximum absolute atomic E-state index is 5.82. The summed E-state index contributed by atoms with van der Waals surface area (Å²) in [6.07, 6.45) is 7.04. The van der Waals surface area contributed by atoms with Crippen molar-refractivity contribution in [2.45, 2.75) is 56.7 Å². The lowest BCUT2D eigenvalue weighted by Crippen LogP contribution is -2.34. The number of allylic oxidation sites excluding steroid dienone is 1. The maximum atomic E-state index is 5.82. The number of hydrogen-bond donors (Lipinski definition) is 0. The van der Waals surface area contributed by atoms with Crippen molar-refractivity contribution >= 4 is 11.8 Å². The van der Waals surface area contributed by atoms with Crippen LogP contribution in [-0.2, 0) is 4.74 Å². The van der Waals surface area contributed by atoms with Crippen LogP contribution in [0.2, 0.25) is 0 Å². The smallest absolute Gasteiger partial charge is 0.195 e. The van der Waals surface area contributed by atoms with Crippen molar-refractivity contribution in [1.82, 2.24) is 19.7 Å². The number of ether oxygens (including phenoxy) is 2. The van der Waals surface area contributed by atoms with E-state index in [-0.39, 0.29) is 0 Å². The first kappa shape index (κ1) is 22.4. The molecule has 2 aliphatic heterocycles. The quantitative estimate of drug-likeness (QED) is 0.437. The van der Waals surface area contributed by atoms with E-state index in [1.54, 1.807) is 18.9 Å². The van der Waals surface area contributed by atoms with Gasteiger partial charge in [-0.3, -0.25) is 9.47 Å². The van der Waals surface area contributed by atoms with Crippen LogP contribution in [-0.4, -0.2) is 64.9 Å². The summed E-state index contributed by atoms with van der Waals surface area (Å²) in [5.74, 6) is 3.26. The highest BCUT2D eigenvalue weighted by molar-refractivity contribution is 7.99. The van der Waals surface area contributed by atoms with Gasteiger partial charge in [0.05, 0.1) is 18.9 Å². The minimum atomic E-state index is 0.321. The van der Waals surface area contributed by atoms with E-state index in [0.29, 0.717) is 12.0 Å². The number of piperidine rings is 1. The second-order valence-corrected chi connectivity index (χ2v) is 9.50. The van der Waals surface area contributed by atoms with E-state index in [0.717, 1.165) is 80.1 Å². The Balaban J connectivity index is 1.55. The number of rotatable bonds is 8. The van der Waals surface area contributed by atoms with Crippen LogP contribution in [0.1, 0.15) is 51.3 Å². The Kier molecular flexibility index (Phi) is 7.69. The predicted octanol–water partition coefficient (Wildman–Crippen LogP) is 4.69. The summed E-state index contributed by atoms with van der Waals surface area (Å²) in [5, 5.41) is 10.3. The summed E-state index contributed by atoms with van der Waals surface area (Å²) in [6.45, 7) is 8.47. The molecule has 7 heteroatoms. The van der Waals surface area contributed by atoms with Crippen molar-refractivity contribution in [3.05, 3.63) is 41.7 Å². The first-order chi connectivity index (χ1) is 15.2. The lowest BCUT2D eigenvalue weighted by Gasteiger charge is -2.31. The van der Waals surface area contributed by atoms with Crippen molar-refractivity contribution < 1.29 is 9.47 Å². The maximum Gasteiger partial charge on any atom is 0.195 e. The van der Waals surface area contributed by atoms with Gasteiger partial charge < -0.3 is 9.47 Å². The van der Waals surface area contributed by atoms with Crippen molar-refractivity contribution in [2.75, 3.05) is 39.1 Å². The third-order valence-electron chi connectivity index (χ3n) is 6.31. The van der Waals surface area contributed by atoms with Gasteiger partial charge in [-0.15, -0.1) is 10.2 Å². The van der Waals surface area contributed by atoms with Gasteiger partial charge in [0.25, 0.3) is 0 Å². The Labute approximate surface area is 190 Å². The summed E-state index contributed by atoms with van der Waals surface area (Å²) in [5.41, 5.74) is 2.51. The molecule has 2 saturated heterocycles. The fourth-order valence-electron chi connectivity index (χ4n) is 4.37. The van der Waals surface area contributed by atoms with Gasteiger partial charge in [-0.1, -0.05) is 29.5 Å². The summed E-state index contributed by atoms with van der Waals surface area (Å²) >= 11 is 1.76. The highest BCUT2D eigenvalue weighted by Crippen LogP contribution is 2.33. The third kappa shape index (κ3) is 5.51. The fourth-order valence-corrected chi connectivity index (χ4v) is 5.39. The first-order valence-corrected chi connectivity index (χ1v) is 12.3. The lowest BCUT2D eigenvalue weighted by atomic mass is 9.95. The van der Waals surface area contributed by atoms with Gasteiger partial charge in [0.1, 0.15) is 11.6 Å². The Morgan fingerprint density at radius 3 is 2.81 bits per heavy atom. The number of likely N-dealkylation sites (tertiary alicyclic amines) is 1. The van der Waals surface area contributed by atoms with E-state index < -0.39 is 0 Å². The van der Waals surface area contributed by atoms with E-state index in [1.807, 2.05) is 12.1 Å². The molecule has 0 amide bonds. The van der Waals surface area contributed by atoms with Crippen LogP contribution < -0.4 is 4.74 Å². The molecule has 2 fully saturated rings. The highest BCUT2D eigenvalue weighted by Gasteiger charge is 2.28. The summed E-state index contributed by atoms with van der Waals surface area (Å²) in [6, 6.07) is 8.22. The monoisotopic (exact) mass is 442 g/mol. The largest absolute Gasteiger partial charge is 0.497 e. The Hall–Kier alpha value is -1.83. The molecule has 4 rings (SSSR count). The molecule has 1 atom stereocenters. The van der Waals surface area contributed by atoms with Gasteiger partial charge in [-0.05, 0) is 64.8 Å². The fraction of sp³-hybridized carbons (Fsp3) is 0.583. The second-order valence-electron chi connectivity index (χ2n) is 8.51. The molecule has 1 unspecified atom stereocenters. The van der Waals surface area contributed by atoms with E-state index >= 15 is 0 Å². The zero-order valence-corrected chi connectivity index (χ0v) is 19.7. The van der Waals surface area contributed by atoms with Crippen LogP contribution in [0.25, 0.3) is 5.69 Å². The number of nitrogens with zero attached hydrogens (tertiary/aromatic N) is 4. The first-order valence-electron chi connectivity index (χ1n) is 11.4. The summed E-state index contributed by atoms with van der Waals surface area (Å²) in [7, 11) is 1.71. The Bertz CT molecular complexity index is 883. The number of thioether (sulfide) groups is 1. The molecule has 1 aromatic heterocycles. The van der Waals surface area contributed by atoms with Crippen LogP contribution in [0.3, 0.4) is 0 Å². The third-order valence-corrected chi connectivity index (χ3v) is 7.37. The highest BCUT2D eigenvalue weighted by atomic mass is 32.2. The predicted molar refractivity (Wildman–Crippen MR) is 125 cm³/mol. The van der Waals surface area contributed by atoms with Crippen molar-refractivity contribution in [2.24, 2.45) is 0 Å². The zero-order valence-electron chi connectivity index (χ0n) is 18.9. The van der Waals surface area contributed by atoms with Gasteiger partial charge in [0.2, 0.25) is 0 Å². The average molecular weight is 443 g/mol. The van der Waals surface area contributed by atoms with Gasteiger partial charge >= 0.3 is 0 Å². The number of hydrogen-bond acceptors (Lipinski definition) is 6. The number of methoxy groups -OCH3 is 1.